The molecule has 0 radical (unpaired) electrons. The van der Waals surface area contributed by atoms with E-state index < -0.39 is 12.1 Å². The lowest BCUT2D eigenvalue weighted by Crippen LogP contribution is -2.32. The summed E-state index contributed by atoms with van der Waals surface area (Å²) in [5.74, 6) is 0.781. The van der Waals surface area contributed by atoms with Crippen LogP contribution in [0, 0.1) is 5.92 Å². The number of carbonyl (C=O) groups excluding carboxylic acids is 2. The lowest BCUT2D eigenvalue weighted by molar-refractivity contribution is -0.147. The molecule has 324 valence electrons. The van der Waals surface area contributed by atoms with E-state index >= 15 is 0 Å². The highest BCUT2D eigenvalue weighted by Crippen LogP contribution is 2.34. The molecule has 0 N–H and O–H groups in total. The average molecular weight is 817 g/mol. The molecule has 2 heterocycles. The lowest BCUT2D eigenvalue weighted by Gasteiger charge is -2.15. The van der Waals surface area contributed by atoms with Crippen LogP contribution in [0.15, 0.2) is 79.9 Å². The van der Waals surface area contributed by atoms with Crippen molar-refractivity contribution in [3.63, 3.8) is 0 Å². The molecule has 2 fully saturated rings. The molecule has 2 saturated heterocycles. The molecule has 0 spiro atoms. The molecule has 0 bridgehead atoms. The quantitative estimate of drug-likeness (QED) is 0.0307. The average Bonchev–Trinajstić information content (AvgIpc) is 3.85. The molecule has 10 nitrogen and oxygen atoms in total. The van der Waals surface area contributed by atoms with Gasteiger partial charge in [-0.2, -0.15) is 0 Å². The Balaban J connectivity index is 1.04. The first-order chi connectivity index (χ1) is 29.0. The van der Waals surface area contributed by atoms with Crippen molar-refractivity contribution in [2.24, 2.45) is 5.92 Å². The zero-order chi connectivity index (χ0) is 41.8. The number of hydrogen-bond donors (Lipinski definition) is 0. The van der Waals surface area contributed by atoms with Crippen molar-refractivity contribution in [3.05, 3.63) is 96.6 Å². The van der Waals surface area contributed by atoms with Gasteiger partial charge in [0.05, 0.1) is 39.1 Å². The zero-order valence-corrected chi connectivity index (χ0v) is 35.4. The Morgan fingerprint density at radius 3 is 1.88 bits per heavy atom. The van der Waals surface area contributed by atoms with E-state index in [1.54, 1.807) is 13.2 Å². The number of rotatable bonds is 32. The number of methoxy groups -OCH3 is 1. The van der Waals surface area contributed by atoms with Crippen LogP contribution in [0.3, 0.4) is 0 Å². The van der Waals surface area contributed by atoms with Crippen LogP contribution in [0.25, 0.3) is 17.9 Å². The van der Waals surface area contributed by atoms with Crippen molar-refractivity contribution >= 4 is 29.8 Å². The van der Waals surface area contributed by atoms with E-state index in [4.69, 9.17) is 37.9 Å². The standard InChI is InChI=1S/C49H68O10/c1-4-46(50)56-36-17-10-8-6-5-7-9-16-35-55-44-28-22-41(23-29-44)24-30-47(51)59-45-38-58-48-43(37-57-49(45)48)27-21-40-19-25-42(26-20-40)39(2)54-34-18-12-15-33-53-32-14-11-13-31-52-3/h4,19-30,43,45,48-49H,1-2,5-18,31-38H2,3H3/b27-21?,30-24+/t43-,45-,48-,49-/m1/s1. The number of carbonyl (C=O) groups is 2. The van der Waals surface area contributed by atoms with Crippen molar-refractivity contribution in [1.29, 1.82) is 0 Å². The third-order valence-electron chi connectivity index (χ3n) is 10.4. The van der Waals surface area contributed by atoms with Crippen LogP contribution in [0.2, 0.25) is 0 Å². The minimum Gasteiger partial charge on any atom is -0.494 e. The van der Waals surface area contributed by atoms with Crippen LogP contribution in [-0.4, -0.2) is 90.2 Å². The van der Waals surface area contributed by atoms with Gasteiger partial charge in [0.1, 0.15) is 17.6 Å². The molecular weight excluding hydrogens is 749 g/mol. The maximum atomic E-state index is 12.7. The van der Waals surface area contributed by atoms with Crippen LogP contribution in [0.5, 0.6) is 5.75 Å². The molecule has 2 aromatic rings. The van der Waals surface area contributed by atoms with E-state index in [-0.39, 0.29) is 24.1 Å². The van der Waals surface area contributed by atoms with Gasteiger partial charge in [-0.1, -0.05) is 100 Å². The highest BCUT2D eigenvalue weighted by atomic mass is 16.6. The van der Waals surface area contributed by atoms with Gasteiger partial charge in [0.2, 0.25) is 0 Å². The Morgan fingerprint density at radius 1 is 0.644 bits per heavy atom. The van der Waals surface area contributed by atoms with E-state index in [1.165, 1.54) is 31.4 Å². The third kappa shape index (κ3) is 19.1. The van der Waals surface area contributed by atoms with Crippen LogP contribution < -0.4 is 4.74 Å². The summed E-state index contributed by atoms with van der Waals surface area (Å²) in [5, 5.41) is 0. The van der Waals surface area contributed by atoms with Crippen molar-refractivity contribution in [2.45, 2.75) is 108 Å². The van der Waals surface area contributed by atoms with E-state index in [0.29, 0.717) is 38.8 Å². The summed E-state index contributed by atoms with van der Waals surface area (Å²) in [5.41, 5.74) is 2.91. The van der Waals surface area contributed by atoms with Gasteiger partial charge in [0, 0.05) is 50.6 Å². The third-order valence-corrected chi connectivity index (χ3v) is 10.4. The summed E-state index contributed by atoms with van der Waals surface area (Å²) < 4.78 is 45.5. The van der Waals surface area contributed by atoms with Crippen LogP contribution in [0.1, 0.15) is 107 Å². The van der Waals surface area contributed by atoms with Gasteiger partial charge in [-0.15, -0.1) is 0 Å². The van der Waals surface area contributed by atoms with Crippen LogP contribution in [0.4, 0.5) is 0 Å². The summed E-state index contributed by atoms with van der Waals surface area (Å²) in [4.78, 5) is 23.7. The van der Waals surface area contributed by atoms with Gasteiger partial charge in [0.15, 0.2) is 6.10 Å². The van der Waals surface area contributed by atoms with Gasteiger partial charge in [0.25, 0.3) is 0 Å². The van der Waals surface area contributed by atoms with Crippen LogP contribution >= 0.6 is 0 Å². The highest BCUT2D eigenvalue weighted by Gasteiger charge is 2.48. The normalized spacial score (nSPS) is 18.6. The summed E-state index contributed by atoms with van der Waals surface area (Å²) in [6, 6.07) is 15.9. The Bertz CT molecular complexity index is 1550. The fourth-order valence-corrected chi connectivity index (χ4v) is 6.98. The second kappa shape index (κ2) is 29.1. The summed E-state index contributed by atoms with van der Waals surface area (Å²) >= 11 is 0. The molecule has 10 heteroatoms. The molecule has 2 aliphatic rings. The molecule has 4 atom stereocenters. The topological polar surface area (TPSA) is 108 Å². The Morgan fingerprint density at radius 2 is 1.20 bits per heavy atom. The zero-order valence-electron chi connectivity index (χ0n) is 35.4. The first-order valence-electron chi connectivity index (χ1n) is 21.8. The van der Waals surface area contributed by atoms with Crippen molar-refractivity contribution in [1.82, 2.24) is 0 Å². The van der Waals surface area contributed by atoms with E-state index in [1.807, 2.05) is 36.4 Å². The second-order valence-corrected chi connectivity index (χ2v) is 15.2. The number of ether oxygens (including phenoxy) is 8. The predicted molar refractivity (Wildman–Crippen MR) is 233 cm³/mol. The highest BCUT2D eigenvalue weighted by molar-refractivity contribution is 5.87. The number of unbranched alkanes of at least 4 members (excludes halogenated alkanes) is 11. The maximum absolute atomic E-state index is 12.7. The van der Waals surface area contributed by atoms with E-state index in [9.17, 15) is 9.59 Å². The van der Waals surface area contributed by atoms with Crippen molar-refractivity contribution < 1.29 is 47.5 Å². The minimum absolute atomic E-state index is 0.0635. The maximum Gasteiger partial charge on any atom is 0.331 e. The molecule has 4 rings (SSSR count). The fourth-order valence-electron chi connectivity index (χ4n) is 6.98. The van der Waals surface area contributed by atoms with Crippen molar-refractivity contribution in [2.75, 3.05) is 60.0 Å². The smallest absolute Gasteiger partial charge is 0.331 e. The number of hydrogen-bond acceptors (Lipinski definition) is 10. The Kier molecular flexibility index (Phi) is 23.4. The molecule has 2 aliphatic heterocycles. The number of esters is 2. The fraction of sp³-hybridized carbons (Fsp3) is 0.551. The molecule has 0 aromatic heterocycles. The monoisotopic (exact) mass is 816 g/mol. The van der Waals surface area contributed by atoms with Gasteiger partial charge < -0.3 is 37.9 Å². The number of fused-ring (bicyclic) bond motifs is 1. The molecule has 2 aromatic carbocycles. The summed E-state index contributed by atoms with van der Waals surface area (Å²) in [6.07, 6.45) is 22.9. The van der Waals surface area contributed by atoms with Gasteiger partial charge >= 0.3 is 11.9 Å². The van der Waals surface area contributed by atoms with Gasteiger partial charge in [-0.25, -0.2) is 9.59 Å². The summed E-state index contributed by atoms with van der Waals surface area (Å²) in [7, 11) is 1.74. The molecule has 0 amide bonds. The second-order valence-electron chi connectivity index (χ2n) is 15.2. The molecule has 0 unspecified atom stereocenters. The Hall–Kier alpha value is -4.22. The number of benzene rings is 2. The SMILES string of the molecule is C=CC(=O)OCCCCCCCCCCOc1ccc(/C=C/C(=O)O[C@@H]2CO[C@H]3[C@@H]2OC[C@H]3C=Cc2ccc(C(=C)OCCCCCOCCCCCOC)cc2)cc1. The first-order valence-corrected chi connectivity index (χ1v) is 21.8. The predicted octanol–water partition coefficient (Wildman–Crippen LogP) is 9.96. The first kappa shape index (κ1) is 47.5. The van der Waals surface area contributed by atoms with Gasteiger partial charge in [-0.3, -0.25) is 0 Å². The van der Waals surface area contributed by atoms with E-state index in [0.717, 1.165) is 113 Å². The van der Waals surface area contributed by atoms with Crippen molar-refractivity contribution in [3.8, 4) is 5.75 Å². The molecular formula is C49H68O10. The van der Waals surface area contributed by atoms with Gasteiger partial charge in [-0.05, 0) is 80.7 Å². The molecule has 0 saturated carbocycles. The van der Waals surface area contributed by atoms with Crippen LogP contribution in [-0.2, 0) is 42.7 Å². The molecule has 0 aliphatic carbocycles. The minimum atomic E-state index is -0.452. The van der Waals surface area contributed by atoms with E-state index in [2.05, 4.69) is 37.4 Å². The largest absolute Gasteiger partial charge is 0.494 e. The molecule has 59 heavy (non-hydrogen) atoms. The lowest BCUT2D eigenvalue weighted by atomic mass is 9.99. The Labute approximate surface area is 352 Å². The summed E-state index contributed by atoms with van der Waals surface area (Å²) in [6.45, 7) is 12.6.